The SMILES string of the molecule is CN(c1ccc(F)c(-n2nc3c(c2Cl)CCCC3)c1)S(C)(=O)=O. The van der Waals surface area contributed by atoms with Crippen molar-refractivity contribution >= 4 is 27.3 Å². The minimum atomic E-state index is -3.43. The van der Waals surface area contributed by atoms with Crippen molar-refractivity contribution in [2.75, 3.05) is 17.6 Å². The summed E-state index contributed by atoms with van der Waals surface area (Å²) in [5.74, 6) is -0.502. The summed E-state index contributed by atoms with van der Waals surface area (Å²) in [4.78, 5) is 0. The largest absolute Gasteiger partial charge is 0.273 e. The van der Waals surface area contributed by atoms with Crippen LogP contribution in [0, 0.1) is 5.82 Å². The predicted molar refractivity (Wildman–Crippen MR) is 88.4 cm³/mol. The lowest BCUT2D eigenvalue weighted by Gasteiger charge is -2.18. The van der Waals surface area contributed by atoms with Crippen LogP contribution >= 0.6 is 11.6 Å². The predicted octanol–water partition coefficient (Wildman–Crippen LogP) is 2.94. The van der Waals surface area contributed by atoms with Gasteiger partial charge in [-0.2, -0.15) is 5.10 Å². The van der Waals surface area contributed by atoms with E-state index in [-0.39, 0.29) is 5.69 Å². The second kappa shape index (κ2) is 5.79. The van der Waals surface area contributed by atoms with Crippen molar-refractivity contribution in [1.82, 2.24) is 9.78 Å². The highest BCUT2D eigenvalue weighted by atomic mass is 35.5. The molecule has 0 saturated carbocycles. The third-order valence-corrected chi connectivity index (χ3v) is 5.71. The van der Waals surface area contributed by atoms with Gasteiger partial charge in [0.05, 0.1) is 17.6 Å². The van der Waals surface area contributed by atoms with Crippen LogP contribution in [0.5, 0.6) is 0 Å². The van der Waals surface area contributed by atoms with Crippen molar-refractivity contribution in [3.05, 3.63) is 40.4 Å². The monoisotopic (exact) mass is 357 g/mol. The molecule has 0 saturated heterocycles. The maximum Gasteiger partial charge on any atom is 0.231 e. The molecule has 0 atom stereocenters. The van der Waals surface area contributed by atoms with Crippen molar-refractivity contribution in [3.63, 3.8) is 0 Å². The van der Waals surface area contributed by atoms with E-state index in [1.807, 2.05) is 0 Å². The van der Waals surface area contributed by atoms with Gasteiger partial charge in [0.15, 0.2) is 0 Å². The highest BCUT2D eigenvalue weighted by Crippen LogP contribution is 2.31. The van der Waals surface area contributed by atoms with E-state index in [0.717, 1.165) is 47.5 Å². The Balaban J connectivity index is 2.12. The third kappa shape index (κ3) is 2.95. The van der Waals surface area contributed by atoms with Crippen LogP contribution in [0.2, 0.25) is 5.15 Å². The summed E-state index contributed by atoms with van der Waals surface area (Å²) in [6.45, 7) is 0. The number of hydrogen-bond donors (Lipinski definition) is 0. The van der Waals surface area contributed by atoms with Crippen molar-refractivity contribution in [2.24, 2.45) is 0 Å². The molecule has 0 radical (unpaired) electrons. The molecule has 23 heavy (non-hydrogen) atoms. The first kappa shape index (κ1) is 16.3. The zero-order valence-corrected chi connectivity index (χ0v) is 14.5. The molecule has 1 aromatic carbocycles. The van der Waals surface area contributed by atoms with Gasteiger partial charge in [-0.25, -0.2) is 17.5 Å². The number of nitrogens with zero attached hydrogens (tertiary/aromatic N) is 3. The lowest BCUT2D eigenvalue weighted by molar-refractivity contribution is 0.598. The molecule has 1 heterocycles. The smallest absolute Gasteiger partial charge is 0.231 e. The average molecular weight is 358 g/mol. The third-order valence-electron chi connectivity index (χ3n) is 4.11. The van der Waals surface area contributed by atoms with E-state index >= 15 is 0 Å². The molecule has 1 aliphatic carbocycles. The first-order valence-electron chi connectivity index (χ1n) is 7.29. The van der Waals surface area contributed by atoms with Crippen LogP contribution in [-0.4, -0.2) is 31.5 Å². The second-order valence-electron chi connectivity index (χ2n) is 5.70. The summed E-state index contributed by atoms with van der Waals surface area (Å²) in [5.41, 5.74) is 2.35. The molecule has 5 nitrogen and oxygen atoms in total. The fourth-order valence-electron chi connectivity index (χ4n) is 2.72. The van der Waals surface area contributed by atoms with Gasteiger partial charge >= 0.3 is 0 Å². The van der Waals surface area contributed by atoms with Gasteiger partial charge in [-0.1, -0.05) is 11.6 Å². The number of benzene rings is 1. The number of rotatable bonds is 3. The molecule has 124 valence electrons. The van der Waals surface area contributed by atoms with Crippen LogP contribution < -0.4 is 4.31 Å². The van der Waals surface area contributed by atoms with E-state index in [1.165, 1.54) is 29.9 Å². The van der Waals surface area contributed by atoms with Gasteiger partial charge in [0.2, 0.25) is 10.0 Å². The Kier molecular flexibility index (Phi) is 4.10. The summed E-state index contributed by atoms with van der Waals surface area (Å²) in [7, 11) is -2.01. The summed E-state index contributed by atoms with van der Waals surface area (Å²) >= 11 is 6.37. The van der Waals surface area contributed by atoms with Gasteiger partial charge < -0.3 is 0 Å². The van der Waals surface area contributed by atoms with Gasteiger partial charge in [0.1, 0.15) is 16.7 Å². The molecule has 0 fully saturated rings. The van der Waals surface area contributed by atoms with Crippen molar-refractivity contribution in [3.8, 4) is 5.69 Å². The average Bonchev–Trinajstić information content (AvgIpc) is 2.84. The molecule has 3 rings (SSSR count). The lowest BCUT2D eigenvalue weighted by Crippen LogP contribution is -2.25. The molecule has 0 amide bonds. The molecule has 1 aliphatic rings. The van der Waals surface area contributed by atoms with Gasteiger partial charge in [0, 0.05) is 12.6 Å². The number of sulfonamides is 1. The first-order chi connectivity index (χ1) is 10.8. The zero-order chi connectivity index (χ0) is 16.8. The van der Waals surface area contributed by atoms with Crippen LogP contribution in [-0.2, 0) is 22.9 Å². The summed E-state index contributed by atoms with van der Waals surface area (Å²) in [5, 5.41) is 4.82. The Morgan fingerprint density at radius 2 is 2.00 bits per heavy atom. The van der Waals surface area contributed by atoms with E-state index in [2.05, 4.69) is 5.10 Å². The molecule has 0 bridgehead atoms. The van der Waals surface area contributed by atoms with E-state index < -0.39 is 15.8 Å². The second-order valence-corrected chi connectivity index (χ2v) is 8.07. The highest BCUT2D eigenvalue weighted by molar-refractivity contribution is 7.92. The molecular formula is C15H17ClFN3O2S. The van der Waals surface area contributed by atoms with E-state index in [9.17, 15) is 12.8 Å². The lowest BCUT2D eigenvalue weighted by atomic mass is 9.99. The quantitative estimate of drug-likeness (QED) is 0.848. The van der Waals surface area contributed by atoms with Gasteiger partial charge in [-0.05, 0) is 43.9 Å². The first-order valence-corrected chi connectivity index (χ1v) is 9.52. The summed E-state index contributed by atoms with van der Waals surface area (Å²) in [6, 6.07) is 4.08. The van der Waals surface area contributed by atoms with E-state index in [4.69, 9.17) is 11.6 Å². The van der Waals surface area contributed by atoms with Gasteiger partial charge in [0.25, 0.3) is 0 Å². The molecule has 0 N–H and O–H groups in total. The number of aryl methyl sites for hydroxylation is 1. The molecule has 8 heteroatoms. The van der Waals surface area contributed by atoms with Crippen LogP contribution in [0.15, 0.2) is 18.2 Å². The molecule has 0 spiro atoms. The minimum Gasteiger partial charge on any atom is -0.273 e. The summed E-state index contributed by atoms with van der Waals surface area (Å²) in [6.07, 6.45) is 4.83. The van der Waals surface area contributed by atoms with E-state index in [0.29, 0.717) is 10.8 Å². The molecule has 0 unspecified atom stereocenters. The number of anilines is 1. The van der Waals surface area contributed by atoms with Crippen LogP contribution in [0.25, 0.3) is 5.69 Å². The maximum absolute atomic E-state index is 14.3. The normalized spacial score (nSPS) is 14.6. The van der Waals surface area contributed by atoms with Crippen LogP contribution in [0.3, 0.4) is 0 Å². The number of halogens is 2. The Morgan fingerprint density at radius 3 is 2.65 bits per heavy atom. The Hall–Kier alpha value is -1.60. The topological polar surface area (TPSA) is 55.2 Å². The van der Waals surface area contributed by atoms with Crippen molar-refractivity contribution < 1.29 is 12.8 Å². The molecule has 1 aromatic heterocycles. The van der Waals surface area contributed by atoms with E-state index in [1.54, 1.807) is 0 Å². The molecule has 2 aromatic rings. The Labute approximate surface area is 139 Å². The van der Waals surface area contributed by atoms with Crippen molar-refractivity contribution in [2.45, 2.75) is 25.7 Å². The van der Waals surface area contributed by atoms with Crippen LogP contribution in [0.4, 0.5) is 10.1 Å². The van der Waals surface area contributed by atoms with Gasteiger partial charge in [-0.3, -0.25) is 4.31 Å². The summed E-state index contributed by atoms with van der Waals surface area (Å²) < 4.78 is 40.1. The maximum atomic E-state index is 14.3. The van der Waals surface area contributed by atoms with Crippen molar-refractivity contribution in [1.29, 1.82) is 0 Å². The minimum absolute atomic E-state index is 0.150. The molecule has 0 aliphatic heterocycles. The number of fused-ring (bicyclic) bond motifs is 1. The highest BCUT2D eigenvalue weighted by Gasteiger charge is 2.22. The fourth-order valence-corrected chi connectivity index (χ4v) is 3.55. The standard InChI is InChI=1S/C15H17ClFN3O2S/c1-19(23(2,21)22)10-7-8-12(17)14(9-10)20-15(16)11-5-3-4-6-13(11)18-20/h7-9H,3-6H2,1-2H3. The fraction of sp³-hybridized carbons (Fsp3) is 0.400. The number of hydrogen-bond acceptors (Lipinski definition) is 3. The molecular weight excluding hydrogens is 341 g/mol. The Bertz CT molecular complexity index is 864. The van der Waals surface area contributed by atoms with Gasteiger partial charge in [-0.15, -0.1) is 0 Å². The van der Waals surface area contributed by atoms with Crippen LogP contribution in [0.1, 0.15) is 24.1 Å². The zero-order valence-electron chi connectivity index (χ0n) is 12.9. The Morgan fingerprint density at radius 1 is 1.30 bits per heavy atom. The number of aromatic nitrogens is 2.